The zero-order valence-corrected chi connectivity index (χ0v) is 16.9. The van der Waals surface area contributed by atoms with Crippen LogP contribution in [0.3, 0.4) is 0 Å². The van der Waals surface area contributed by atoms with Crippen LogP contribution in [0.2, 0.25) is 0 Å². The number of piperidine rings is 1. The molecule has 2 heterocycles. The molecule has 1 atom stereocenters. The van der Waals surface area contributed by atoms with E-state index in [1.807, 2.05) is 0 Å². The van der Waals surface area contributed by atoms with Gasteiger partial charge in [0.15, 0.2) is 0 Å². The van der Waals surface area contributed by atoms with Gasteiger partial charge in [0.05, 0.1) is 5.69 Å². The molecule has 156 valence electrons. The topological polar surface area (TPSA) is 87.7 Å². The molecule has 2 aromatic carbocycles. The molecule has 0 aliphatic carbocycles. The minimum absolute atomic E-state index is 0.451. The molecule has 2 aromatic rings. The molecule has 0 bridgehead atoms. The van der Waals surface area contributed by atoms with Crippen LogP contribution in [0.1, 0.15) is 24.0 Å². The summed E-state index contributed by atoms with van der Waals surface area (Å²) in [6.07, 6.45) is 1.45. The lowest BCUT2D eigenvalue weighted by Gasteiger charge is -2.32. The van der Waals surface area contributed by atoms with Crippen LogP contribution in [0.5, 0.6) is 5.75 Å². The molecule has 2 N–H and O–H groups in total. The van der Waals surface area contributed by atoms with Gasteiger partial charge in [-0.25, -0.2) is 0 Å². The highest BCUT2D eigenvalue weighted by Crippen LogP contribution is 2.28. The maximum atomic E-state index is 12.6. The Balaban J connectivity index is 1.28. The van der Waals surface area contributed by atoms with Crippen LogP contribution in [-0.2, 0) is 20.8 Å². The van der Waals surface area contributed by atoms with Crippen molar-refractivity contribution in [2.75, 3.05) is 18.4 Å². The van der Waals surface area contributed by atoms with E-state index in [0.29, 0.717) is 30.4 Å². The molecule has 0 aromatic heterocycles. The lowest BCUT2D eigenvalue weighted by Crippen LogP contribution is -2.54. The highest BCUT2D eigenvalue weighted by molar-refractivity contribution is 6.35. The van der Waals surface area contributed by atoms with E-state index in [-0.39, 0.29) is 0 Å². The van der Waals surface area contributed by atoms with E-state index in [1.165, 1.54) is 11.1 Å². The summed E-state index contributed by atoms with van der Waals surface area (Å²) in [4.78, 5) is 38.7. The first-order valence-corrected chi connectivity index (χ1v) is 10.2. The largest absolute Gasteiger partial charge is 0.459 e. The highest BCUT2D eigenvalue weighted by Gasteiger charge is 2.33. The molecule has 2 aliphatic heterocycles. The third-order valence-corrected chi connectivity index (χ3v) is 5.63. The second-order valence-electron chi connectivity index (χ2n) is 7.88. The van der Waals surface area contributed by atoms with Gasteiger partial charge in [0.25, 0.3) is 12.1 Å². The van der Waals surface area contributed by atoms with Crippen LogP contribution in [-0.4, -0.2) is 41.9 Å². The van der Waals surface area contributed by atoms with E-state index in [9.17, 15) is 14.4 Å². The standard InChI is InChI=1S/C23H25N3O4/c1-15-6-8-16(9-7-15)14-17-10-12-26(13-11-17)23(29)21(28)25-22-20(27)24-18-4-2-3-5-19(18)30-22/h2-9,17,22H,10-14H2,1H3,(H,24,27)(H,25,28). The summed E-state index contributed by atoms with van der Waals surface area (Å²) in [6, 6.07) is 15.4. The molecule has 0 spiro atoms. The predicted octanol–water partition coefficient (Wildman–Crippen LogP) is 2.25. The maximum Gasteiger partial charge on any atom is 0.312 e. The predicted molar refractivity (Wildman–Crippen MR) is 112 cm³/mol. The minimum atomic E-state index is -1.23. The summed E-state index contributed by atoms with van der Waals surface area (Å²) < 4.78 is 5.53. The van der Waals surface area contributed by atoms with Gasteiger partial charge in [-0.15, -0.1) is 0 Å². The Morgan fingerprint density at radius 2 is 1.80 bits per heavy atom. The molecular weight excluding hydrogens is 382 g/mol. The normalized spacial score (nSPS) is 18.8. The number of rotatable bonds is 3. The number of hydrogen-bond acceptors (Lipinski definition) is 4. The van der Waals surface area contributed by atoms with Crippen LogP contribution in [0, 0.1) is 12.8 Å². The lowest BCUT2D eigenvalue weighted by molar-refractivity contribution is -0.149. The fourth-order valence-corrected chi connectivity index (χ4v) is 3.87. The smallest absolute Gasteiger partial charge is 0.312 e. The van der Waals surface area contributed by atoms with E-state index in [1.54, 1.807) is 29.2 Å². The average Bonchev–Trinajstić information content (AvgIpc) is 2.76. The third kappa shape index (κ3) is 4.45. The quantitative estimate of drug-likeness (QED) is 0.764. The minimum Gasteiger partial charge on any atom is -0.459 e. The number of fused-ring (bicyclic) bond motifs is 1. The summed E-state index contributed by atoms with van der Waals surface area (Å²) in [5.41, 5.74) is 3.07. The van der Waals surface area contributed by atoms with E-state index in [0.717, 1.165) is 19.3 Å². The van der Waals surface area contributed by atoms with E-state index in [2.05, 4.69) is 41.8 Å². The number of anilines is 1. The van der Waals surface area contributed by atoms with E-state index < -0.39 is 23.9 Å². The van der Waals surface area contributed by atoms with Crippen LogP contribution in [0.15, 0.2) is 48.5 Å². The first kappa shape index (κ1) is 19.9. The van der Waals surface area contributed by atoms with Gasteiger partial charge in [0.1, 0.15) is 5.75 Å². The second-order valence-corrected chi connectivity index (χ2v) is 7.88. The van der Waals surface area contributed by atoms with Gasteiger partial charge in [-0.3, -0.25) is 14.4 Å². The molecule has 1 unspecified atom stereocenters. The van der Waals surface area contributed by atoms with Crippen LogP contribution in [0.4, 0.5) is 5.69 Å². The zero-order chi connectivity index (χ0) is 21.1. The van der Waals surface area contributed by atoms with Gasteiger partial charge < -0.3 is 20.3 Å². The zero-order valence-electron chi connectivity index (χ0n) is 16.9. The van der Waals surface area contributed by atoms with Crippen LogP contribution in [0.25, 0.3) is 0 Å². The third-order valence-electron chi connectivity index (χ3n) is 5.63. The number of nitrogens with one attached hydrogen (secondary N) is 2. The van der Waals surface area contributed by atoms with Gasteiger partial charge in [-0.1, -0.05) is 42.0 Å². The average molecular weight is 407 g/mol. The van der Waals surface area contributed by atoms with E-state index in [4.69, 9.17) is 4.74 Å². The first-order chi connectivity index (χ1) is 14.5. The number of benzene rings is 2. The van der Waals surface area contributed by atoms with Crippen molar-refractivity contribution in [3.63, 3.8) is 0 Å². The summed E-state index contributed by atoms with van der Waals surface area (Å²) in [6.45, 7) is 3.13. The van der Waals surface area contributed by atoms with Gasteiger partial charge in [-0.2, -0.15) is 0 Å². The number of para-hydroxylation sites is 2. The molecule has 2 aliphatic rings. The first-order valence-electron chi connectivity index (χ1n) is 10.2. The second kappa shape index (κ2) is 8.57. The Kier molecular flexibility index (Phi) is 5.70. The molecule has 1 fully saturated rings. The van der Waals surface area contributed by atoms with Crippen molar-refractivity contribution in [1.82, 2.24) is 10.2 Å². The number of aryl methyl sites for hydroxylation is 1. The lowest BCUT2D eigenvalue weighted by atomic mass is 9.90. The summed E-state index contributed by atoms with van der Waals surface area (Å²) in [5, 5.41) is 5.06. The van der Waals surface area contributed by atoms with Crippen molar-refractivity contribution in [2.24, 2.45) is 5.92 Å². The van der Waals surface area contributed by atoms with Crippen molar-refractivity contribution < 1.29 is 19.1 Å². The number of carbonyl (C=O) groups excluding carboxylic acids is 3. The van der Waals surface area contributed by atoms with Crippen LogP contribution < -0.4 is 15.4 Å². The molecule has 0 radical (unpaired) electrons. The Bertz CT molecular complexity index is 949. The Labute approximate surface area is 175 Å². The van der Waals surface area contributed by atoms with Gasteiger partial charge in [-0.05, 0) is 49.8 Å². The fourth-order valence-electron chi connectivity index (χ4n) is 3.87. The number of amides is 3. The molecule has 30 heavy (non-hydrogen) atoms. The van der Waals surface area contributed by atoms with Gasteiger partial charge in [0.2, 0.25) is 0 Å². The summed E-state index contributed by atoms with van der Waals surface area (Å²) in [7, 11) is 0. The van der Waals surface area contributed by atoms with Crippen molar-refractivity contribution in [1.29, 1.82) is 0 Å². The number of ether oxygens (including phenoxy) is 1. The molecule has 3 amide bonds. The monoisotopic (exact) mass is 407 g/mol. The van der Waals surface area contributed by atoms with Gasteiger partial charge >= 0.3 is 11.8 Å². The maximum absolute atomic E-state index is 12.6. The van der Waals surface area contributed by atoms with Crippen LogP contribution >= 0.6 is 0 Å². The number of hydrogen-bond donors (Lipinski definition) is 2. The molecule has 0 saturated carbocycles. The molecular formula is C23H25N3O4. The number of likely N-dealkylation sites (tertiary alicyclic amines) is 1. The summed E-state index contributed by atoms with van der Waals surface area (Å²) in [5.74, 6) is -1.02. The SMILES string of the molecule is Cc1ccc(CC2CCN(C(=O)C(=O)NC3Oc4ccccc4NC3=O)CC2)cc1. The fraction of sp³-hybridized carbons (Fsp3) is 0.348. The number of carbonyl (C=O) groups is 3. The molecule has 7 heteroatoms. The van der Waals surface area contributed by atoms with Gasteiger partial charge in [0, 0.05) is 13.1 Å². The van der Waals surface area contributed by atoms with E-state index >= 15 is 0 Å². The van der Waals surface area contributed by atoms with Crippen molar-refractivity contribution >= 4 is 23.4 Å². The highest BCUT2D eigenvalue weighted by atomic mass is 16.5. The van der Waals surface area contributed by atoms with Crippen molar-refractivity contribution in [3.8, 4) is 5.75 Å². The Morgan fingerprint density at radius 1 is 1.10 bits per heavy atom. The Hall–Kier alpha value is -3.35. The number of nitrogens with zero attached hydrogens (tertiary/aromatic N) is 1. The molecule has 4 rings (SSSR count). The molecule has 7 nitrogen and oxygen atoms in total. The molecule has 1 saturated heterocycles. The van der Waals surface area contributed by atoms with Crippen molar-refractivity contribution in [3.05, 3.63) is 59.7 Å². The summed E-state index contributed by atoms with van der Waals surface area (Å²) >= 11 is 0. The van der Waals surface area contributed by atoms with Crippen molar-refractivity contribution in [2.45, 2.75) is 32.4 Å². The Morgan fingerprint density at radius 3 is 2.53 bits per heavy atom.